The molecule has 4 heteroatoms. The zero-order chi connectivity index (χ0) is 14.5. The second-order valence-electron chi connectivity index (χ2n) is 5.24. The van der Waals surface area contributed by atoms with Gasteiger partial charge in [0.15, 0.2) is 0 Å². The fourth-order valence-electron chi connectivity index (χ4n) is 2.02. The summed E-state index contributed by atoms with van der Waals surface area (Å²) < 4.78 is 8.02. The van der Waals surface area contributed by atoms with E-state index in [0.29, 0.717) is 5.25 Å². The number of rotatable bonds is 13. The minimum atomic E-state index is 0.543. The molecule has 1 atom stereocenters. The van der Waals surface area contributed by atoms with Crippen LogP contribution in [0.1, 0.15) is 52.4 Å². The first kappa shape index (κ1) is 17.6. The summed E-state index contributed by atoms with van der Waals surface area (Å²) in [6.07, 6.45) is 13.5. The molecule has 116 valence electrons. The third-order valence-electron chi connectivity index (χ3n) is 3.27. The van der Waals surface area contributed by atoms with E-state index >= 15 is 0 Å². The molecule has 0 bridgehead atoms. The second-order valence-corrected chi connectivity index (χ2v) is 6.65. The van der Waals surface area contributed by atoms with Crippen molar-refractivity contribution in [2.45, 2.75) is 64.2 Å². The van der Waals surface area contributed by atoms with Gasteiger partial charge in [0.05, 0.1) is 12.9 Å². The van der Waals surface area contributed by atoms with Crippen LogP contribution in [0.25, 0.3) is 0 Å². The maximum atomic E-state index is 5.87. The monoisotopic (exact) mass is 298 g/mol. The Hall–Kier alpha value is -0.480. The van der Waals surface area contributed by atoms with E-state index in [0.717, 1.165) is 19.8 Å². The van der Waals surface area contributed by atoms with E-state index < -0.39 is 0 Å². The molecule has 0 saturated carbocycles. The highest BCUT2D eigenvalue weighted by molar-refractivity contribution is 7.99. The third kappa shape index (κ3) is 8.64. The molecular formula is C16H30N2OS. The highest BCUT2D eigenvalue weighted by Gasteiger charge is 2.10. The normalized spacial score (nSPS) is 12.7. The van der Waals surface area contributed by atoms with Crippen LogP contribution in [0.5, 0.6) is 0 Å². The second kappa shape index (κ2) is 12.3. The van der Waals surface area contributed by atoms with Gasteiger partial charge in [0.2, 0.25) is 0 Å². The number of aromatic nitrogens is 2. The number of ether oxygens (including phenoxy) is 1. The van der Waals surface area contributed by atoms with Crippen LogP contribution >= 0.6 is 11.8 Å². The van der Waals surface area contributed by atoms with Crippen molar-refractivity contribution in [3.05, 3.63) is 18.7 Å². The lowest BCUT2D eigenvalue weighted by Crippen LogP contribution is -2.19. The minimum Gasteiger partial charge on any atom is -0.380 e. The third-order valence-corrected chi connectivity index (χ3v) is 4.55. The van der Waals surface area contributed by atoms with Gasteiger partial charge in [-0.05, 0) is 18.6 Å². The average molecular weight is 298 g/mol. The number of thioether (sulfide) groups is 1. The van der Waals surface area contributed by atoms with Crippen molar-refractivity contribution >= 4 is 11.8 Å². The first-order chi connectivity index (χ1) is 9.86. The zero-order valence-electron chi connectivity index (χ0n) is 13.1. The van der Waals surface area contributed by atoms with Gasteiger partial charge in [-0.15, -0.1) is 0 Å². The maximum absolute atomic E-state index is 5.87. The van der Waals surface area contributed by atoms with Crippen molar-refractivity contribution < 1.29 is 4.74 Å². The molecule has 1 heterocycles. The summed E-state index contributed by atoms with van der Waals surface area (Å²) in [6.45, 7) is 7.26. The van der Waals surface area contributed by atoms with Crippen molar-refractivity contribution in [2.24, 2.45) is 0 Å². The summed E-state index contributed by atoms with van der Waals surface area (Å²) in [5.74, 6) is 1.23. The summed E-state index contributed by atoms with van der Waals surface area (Å²) in [5, 5.41) is 0.543. The van der Waals surface area contributed by atoms with Gasteiger partial charge in [0.25, 0.3) is 0 Å². The molecule has 0 fully saturated rings. The topological polar surface area (TPSA) is 27.1 Å². The maximum Gasteiger partial charge on any atom is 0.0946 e. The van der Waals surface area contributed by atoms with Crippen LogP contribution in [0.15, 0.2) is 18.7 Å². The molecule has 0 aromatic carbocycles. The van der Waals surface area contributed by atoms with Gasteiger partial charge in [-0.25, -0.2) is 4.98 Å². The lowest BCUT2D eigenvalue weighted by atomic mass is 10.2. The van der Waals surface area contributed by atoms with Crippen molar-refractivity contribution in [1.82, 2.24) is 9.55 Å². The molecule has 0 amide bonds. The summed E-state index contributed by atoms with van der Waals surface area (Å²) >= 11 is 2.04. The Morgan fingerprint density at radius 1 is 1.15 bits per heavy atom. The van der Waals surface area contributed by atoms with Crippen molar-refractivity contribution in [3.63, 3.8) is 0 Å². The number of hydrogen-bond acceptors (Lipinski definition) is 3. The van der Waals surface area contributed by atoms with Crippen molar-refractivity contribution in [2.75, 3.05) is 19.0 Å². The largest absolute Gasteiger partial charge is 0.380 e. The highest BCUT2D eigenvalue weighted by atomic mass is 32.2. The summed E-state index contributed by atoms with van der Waals surface area (Å²) in [7, 11) is 0. The lowest BCUT2D eigenvalue weighted by molar-refractivity contribution is 0.128. The SMILES string of the molecule is CCCCCCOCC(Cn1ccnc1)SCCCC. The lowest BCUT2D eigenvalue weighted by Gasteiger charge is -2.17. The molecule has 1 rings (SSSR count). The predicted octanol–water partition coefficient (Wildman–Crippen LogP) is 4.38. The standard InChI is InChI=1S/C16H30N2OS/c1-3-5-7-8-11-19-14-16(20-12-6-4-2)13-18-10-9-17-15-18/h9-10,15-16H,3-8,11-14H2,1-2H3. The molecular weight excluding hydrogens is 268 g/mol. The molecule has 0 aliphatic heterocycles. The van der Waals surface area contributed by atoms with Crippen molar-refractivity contribution in [3.8, 4) is 0 Å². The first-order valence-corrected chi connectivity index (χ1v) is 9.06. The van der Waals surface area contributed by atoms with Crippen LogP contribution in [-0.4, -0.2) is 33.8 Å². The Morgan fingerprint density at radius 2 is 2.00 bits per heavy atom. The van der Waals surface area contributed by atoms with Gasteiger partial charge in [-0.3, -0.25) is 0 Å². The van der Waals surface area contributed by atoms with E-state index in [-0.39, 0.29) is 0 Å². The van der Waals surface area contributed by atoms with Crippen LogP contribution in [-0.2, 0) is 11.3 Å². The number of hydrogen-bond donors (Lipinski definition) is 0. The average Bonchev–Trinajstić information content (AvgIpc) is 2.95. The molecule has 0 spiro atoms. The highest BCUT2D eigenvalue weighted by Crippen LogP contribution is 2.16. The first-order valence-electron chi connectivity index (χ1n) is 8.01. The van der Waals surface area contributed by atoms with Crippen LogP contribution in [0.2, 0.25) is 0 Å². The van der Waals surface area contributed by atoms with Crippen LogP contribution in [0.4, 0.5) is 0 Å². The van der Waals surface area contributed by atoms with Gasteiger partial charge in [-0.1, -0.05) is 39.5 Å². The zero-order valence-corrected chi connectivity index (χ0v) is 13.9. The minimum absolute atomic E-state index is 0.543. The Kier molecular flexibility index (Phi) is 10.8. The number of imidazole rings is 1. The molecule has 3 nitrogen and oxygen atoms in total. The van der Waals surface area contributed by atoms with E-state index in [1.165, 1.54) is 44.3 Å². The fourth-order valence-corrected chi connectivity index (χ4v) is 3.28. The smallest absolute Gasteiger partial charge is 0.0946 e. The molecule has 0 N–H and O–H groups in total. The molecule has 1 unspecified atom stereocenters. The van der Waals surface area contributed by atoms with E-state index in [1.54, 1.807) is 0 Å². The van der Waals surface area contributed by atoms with Gasteiger partial charge < -0.3 is 9.30 Å². The predicted molar refractivity (Wildman–Crippen MR) is 88.3 cm³/mol. The molecule has 20 heavy (non-hydrogen) atoms. The van der Waals surface area contributed by atoms with Crippen LogP contribution < -0.4 is 0 Å². The van der Waals surface area contributed by atoms with E-state index in [4.69, 9.17) is 4.74 Å². The molecule has 0 aliphatic carbocycles. The summed E-state index contributed by atoms with van der Waals surface area (Å²) in [6, 6.07) is 0. The van der Waals surface area contributed by atoms with Crippen molar-refractivity contribution in [1.29, 1.82) is 0 Å². The fraction of sp³-hybridized carbons (Fsp3) is 0.812. The van der Waals surface area contributed by atoms with Gasteiger partial charge in [0, 0.05) is 30.8 Å². The summed E-state index contributed by atoms with van der Waals surface area (Å²) in [4.78, 5) is 4.11. The Labute approximate surface area is 128 Å². The molecule has 1 aromatic rings. The van der Waals surface area contributed by atoms with E-state index in [9.17, 15) is 0 Å². The molecule has 0 saturated heterocycles. The van der Waals surface area contributed by atoms with Gasteiger partial charge >= 0.3 is 0 Å². The molecule has 1 aromatic heterocycles. The molecule has 0 aliphatic rings. The number of unbranched alkanes of at least 4 members (excludes halogenated alkanes) is 4. The van der Waals surface area contributed by atoms with Gasteiger partial charge in [-0.2, -0.15) is 11.8 Å². The van der Waals surface area contributed by atoms with E-state index in [1.807, 2.05) is 30.5 Å². The summed E-state index contributed by atoms with van der Waals surface area (Å²) in [5.41, 5.74) is 0. The van der Waals surface area contributed by atoms with Gasteiger partial charge in [0.1, 0.15) is 0 Å². The van der Waals surface area contributed by atoms with Crippen LogP contribution in [0.3, 0.4) is 0 Å². The van der Waals surface area contributed by atoms with E-state index in [2.05, 4.69) is 23.4 Å². The number of nitrogens with zero attached hydrogens (tertiary/aromatic N) is 2. The Balaban J connectivity index is 2.19. The quantitative estimate of drug-likeness (QED) is 0.506. The molecule has 0 radical (unpaired) electrons. The Morgan fingerprint density at radius 3 is 2.70 bits per heavy atom. The Bertz CT molecular complexity index is 303. The van der Waals surface area contributed by atoms with Crippen LogP contribution in [0, 0.1) is 0 Å².